The Morgan fingerprint density at radius 3 is 2.94 bits per heavy atom. The quantitative estimate of drug-likeness (QED) is 0.686. The van der Waals surface area contributed by atoms with Gasteiger partial charge in [-0.25, -0.2) is 0 Å². The number of fused-ring (bicyclic) bond motifs is 1. The number of hydrogen-bond acceptors (Lipinski definition) is 1. The van der Waals surface area contributed by atoms with Gasteiger partial charge in [0.25, 0.3) is 0 Å². The molecule has 17 heavy (non-hydrogen) atoms. The van der Waals surface area contributed by atoms with Crippen molar-refractivity contribution in [1.29, 1.82) is 0 Å². The Bertz CT molecular complexity index is 591. The van der Waals surface area contributed by atoms with Crippen LogP contribution in [-0.2, 0) is 11.2 Å². The van der Waals surface area contributed by atoms with Crippen LogP contribution >= 0.6 is 11.6 Å². The molecule has 0 saturated heterocycles. The molecule has 0 radical (unpaired) electrons. The molecule has 84 valence electrons. The van der Waals surface area contributed by atoms with E-state index < -0.39 is 0 Å². The number of carbonyl (C=O) groups is 1. The second-order valence-electron chi connectivity index (χ2n) is 4.33. The van der Waals surface area contributed by atoms with Crippen molar-refractivity contribution in [2.45, 2.75) is 12.8 Å². The number of ketones is 1. The van der Waals surface area contributed by atoms with Gasteiger partial charge in [-0.05, 0) is 41.3 Å². The highest BCUT2D eigenvalue weighted by Gasteiger charge is 2.24. The first-order valence-corrected chi connectivity index (χ1v) is 6.01. The molecule has 2 aliphatic carbocycles. The summed E-state index contributed by atoms with van der Waals surface area (Å²) in [5, 5.41) is 0.683. The van der Waals surface area contributed by atoms with Crippen LogP contribution in [0.3, 0.4) is 0 Å². The first kappa shape index (κ1) is 10.5. The molecule has 0 aromatic heterocycles. The highest BCUT2D eigenvalue weighted by Crippen LogP contribution is 2.33. The molecule has 0 atom stereocenters. The molecule has 1 aromatic rings. The van der Waals surface area contributed by atoms with Crippen LogP contribution in [0, 0.1) is 0 Å². The lowest BCUT2D eigenvalue weighted by Gasteiger charge is -2.01. The van der Waals surface area contributed by atoms with Crippen molar-refractivity contribution < 1.29 is 4.79 Å². The molecule has 0 saturated carbocycles. The van der Waals surface area contributed by atoms with Crippen LogP contribution in [0.15, 0.2) is 48.1 Å². The van der Waals surface area contributed by atoms with Crippen LogP contribution in [0.1, 0.15) is 17.5 Å². The lowest BCUT2D eigenvalue weighted by molar-refractivity contribution is -0.112. The van der Waals surface area contributed by atoms with E-state index in [1.807, 2.05) is 36.4 Å². The second-order valence-corrected chi connectivity index (χ2v) is 4.77. The summed E-state index contributed by atoms with van der Waals surface area (Å²) in [6, 6.07) is 5.67. The standard InChI is InChI=1S/C15H11ClO/c16-12-6-5-11-8-15(17)14(13(11)9-12)7-10-3-1-2-4-10/h1-3,5-7,9H,4,8H2/b14-7-. The average molecular weight is 243 g/mol. The first-order chi connectivity index (χ1) is 8.24. The number of carbonyl (C=O) groups excluding carboxylic acids is 1. The van der Waals surface area contributed by atoms with Gasteiger partial charge in [-0.2, -0.15) is 0 Å². The average Bonchev–Trinajstić information content (AvgIpc) is 2.90. The molecule has 2 heteroatoms. The summed E-state index contributed by atoms with van der Waals surface area (Å²) < 4.78 is 0. The second kappa shape index (κ2) is 4.01. The molecule has 3 rings (SSSR count). The van der Waals surface area contributed by atoms with Crippen molar-refractivity contribution >= 4 is 23.0 Å². The molecule has 0 heterocycles. The van der Waals surface area contributed by atoms with Crippen LogP contribution in [0.2, 0.25) is 5.02 Å². The van der Waals surface area contributed by atoms with Crippen molar-refractivity contribution in [1.82, 2.24) is 0 Å². The number of allylic oxidation sites excluding steroid dienone is 6. The number of benzene rings is 1. The third-order valence-corrected chi connectivity index (χ3v) is 3.38. The Balaban J connectivity index is 2.07. The van der Waals surface area contributed by atoms with E-state index in [2.05, 4.69) is 6.08 Å². The Morgan fingerprint density at radius 1 is 1.29 bits per heavy atom. The van der Waals surface area contributed by atoms with Gasteiger partial charge in [-0.1, -0.05) is 35.9 Å². The van der Waals surface area contributed by atoms with Gasteiger partial charge in [0.1, 0.15) is 0 Å². The largest absolute Gasteiger partial charge is 0.294 e. The monoisotopic (exact) mass is 242 g/mol. The molecule has 2 aliphatic rings. The van der Waals surface area contributed by atoms with Gasteiger partial charge in [0.05, 0.1) is 0 Å². The highest BCUT2D eigenvalue weighted by atomic mass is 35.5. The summed E-state index contributed by atoms with van der Waals surface area (Å²) in [6.07, 6.45) is 9.55. The van der Waals surface area contributed by atoms with Gasteiger partial charge < -0.3 is 0 Å². The van der Waals surface area contributed by atoms with Crippen LogP contribution in [-0.4, -0.2) is 5.78 Å². The number of halogens is 1. The van der Waals surface area contributed by atoms with Crippen LogP contribution in [0.25, 0.3) is 5.57 Å². The molecular formula is C15H11ClO. The van der Waals surface area contributed by atoms with Crippen LogP contribution in [0.5, 0.6) is 0 Å². The molecule has 0 amide bonds. The predicted octanol–water partition coefficient (Wildman–Crippen LogP) is 3.73. The summed E-state index contributed by atoms with van der Waals surface area (Å²) in [7, 11) is 0. The summed E-state index contributed by atoms with van der Waals surface area (Å²) in [6.45, 7) is 0. The minimum atomic E-state index is 0.190. The molecule has 0 N–H and O–H groups in total. The van der Waals surface area contributed by atoms with Gasteiger partial charge >= 0.3 is 0 Å². The maximum atomic E-state index is 12.0. The van der Waals surface area contributed by atoms with E-state index in [4.69, 9.17) is 11.6 Å². The lowest BCUT2D eigenvalue weighted by Crippen LogP contribution is -1.94. The van der Waals surface area contributed by atoms with E-state index >= 15 is 0 Å². The molecule has 0 spiro atoms. The van der Waals surface area contributed by atoms with Crippen molar-refractivity contribution in [2.75, 3.05) is 0 Å². The number of hydrogen-bond donors (Lipinski definition) is 0. The molecule has 1 aromatic carbocycles. The van der Waals surface area contributed by atoms with E-state index in [9.17, 15) is 4.79 Å². The highest BCUT2D eigenvalue weighted by molar-refractivity contribution is 6.32. The molecular weight excluding hydrogens is 232 g/mol. The summed E-state index contributed by atoms with van der Waals surface area (Å²) in [4.78, 5) is 12.0. The van der Waals surface area contributed by atoms with Gasteiger partial charge in [0, 0.05) is 17.0 Å². The predicted molar refractivity (Wildman–Crippen MR) is 70.0 cm³/mol. The number of Topliss-reactive ketones (excluding diaryl/α,β-unsaturated/α-hetero) is 1. The van der Waals surface area contributed by atoms with Crippen LogP contribution < -0.4 is 0 Å². The van der Waals surface area contributed by atoms with Crippen molar-refractivity contribution in [3.8, 4) is 0 Å². The topological polar surface area (TPSA) is 17.1 Å². The Kier molecular flexibility index (Phi) is 2.49. The molecule has 0 aliphatic heterocycles. The van der Waals surface area contributed by atoms with E-state index in [1.165, 1.54) is 5.57 Å². The molecule has 0 fully saturated rings. The summed E-state index contributed by atoms with van der Waals surface area (Å²) in [5.41, 5.74) is 4.06. The molecule has 0 unspecified atom stereocenters. The van der Waals surface area contributed by atoms with Gasteiger partial charge in [-0.3, -0.25) is 4.79 Å². The van der Waals surface area contributed by atoms with Gasteiger partial charge in [-0.15, -0.1) is 0 Å². The Hall–Kier alpha value is -1.60. The minimum Gasteiger partial charge on any atom is -0.294 e. The lowest BCUT2D eigenvalue weighted by atomic mass is 10.0. The fraction of sp³-hybridized carbons (Fsp3) is 0.133. The fourth-order valence-electron chi connectivity index (χ4n) is 2.29. The molecule has 1 nitrogen and oxygen atoms in total. The third kappa shape index (κ3) is 1.87. The van der Waals surface area contributed by atoms with E-state index in [-0.39, 0.29) is 5.78 Å². The zero-order chi connectivity index (χ0) is 11.8. The normalized spacial score (nSPS) is 19.9. The van der Waals surface area contributed by atoms with Gasteiger partial charge in [0.2, 0.25) is 0 Å². The zero-order valence-electron chi connectivity index (χ0n) is 9.24. The summed E-state index contributed by atoms with van der Waals surface area (Å²) in [5.74, 6) is 0.190. The van der Waals surface area contributed by atoms with E-state index in [0.717, 1.165) is 23.1 Å². The van der Waals surface area contributed by atoms with E-state index in [0.29, 0.717) is 11.4 Å². The molecule has 0 bridgehead atoms. The van der Waals surface area contributed by atoms with E-state index in [1.54, 1.807) is 0 Å². The van der Waals surface area contributed by atoms with Crippen LogP contribution in [0.4, 0.5) is 0 Å². The van der Waals surface area contributed by atoms with Gasteiger partial charge in [0.15, 0.2) is 5.78 Å². The van der Waals surface area contributed by atoms with Crippen molar-refractivity contribution in [3.63, 3.8) is 0 Å². The minimum absolute atomic E-state index is 0.190. The van der Waals surface area contributed by atoms with Crippen molar-refractivity contribution in [3.05, 3.63) is 64.2 Å². The maximum Gasteiger partial charge on any atom is 0.167 e. The number of rotatable bonds is 1. The SMILES string of the molecule is O=C1Cc2ccc(Cl)cc2/C1=C/C1=CC=CC1. The summed E-state index contributed by atoms with van der Waals surface area (Å²) >= 11 is 5.99. The maximum absolute atomic E-state index is 12.0. The first-order valence-electron chi connectivity index (χ1n) is 5.63. The zero-order valence-corrected chi connectivity index (χ0v) is 10.00. The smallest absolute Gasteiger partial charge is 0.167 e. The third-order valence-electron chi connectivity index (χ3n) is 3.14. The Morgan fingerprint density at radius 2 is 2.18 bits per heavy atom. The fourth-order valence-corrected chi connectivity index (χ4v) is 2.46. The van der Waals surface area contributed by atoms with Crippen molar-refractivity contribution in [2.24, 2.45) is 0 Å². The Labute approximate surface area is 105 Å².